The summed E-state index contributed by atoms with van der Waals surface area (Å²) in [5, 5.41) is 3.95. The Bertz CT molecular complexity index is 348. The summed E-state index contributed by atoms with van der Waals surface area (Å²) in [6.07, 6.45) is 5.68. The third-order valence-corrected chi connectivity index (χ3v) is 1.75. The van der Waals surface area contributed by atoms with E-state index in [1.807, 2.05) is 36.4 Å². The molecule has 0 saturated heterocycles. The largest absolute Gasteiger partial charge is 0.329 e. The Balaban J connectivity index is 0.000000397. The number of nitrogens with two attached hydrogens (primary N) is 2. The van der Waals surface area contributed by atoms with Crippen LogP contribution < -0.4 is 16.9 Å². The number of hydrazone groups is 1. The minimum absolute atomic E-state index is 0. The van der Waals surface area contributed by atoms with Gasteiger partial charge in [0.05, 0.1) is 5.69 Å². The number of hydrogen-bond donors (Lipinski definition) is 3. The lowest BCUT2D eigenvalue weighted by molar-refractivity contribution is 0.976. The molecular weight excluding hydrogens is 219 g/mol. The summed E-state index contributed by atoms with van der Waals surface area (Å²) in [6, 6.07) is 8.05. The molecule has 0 aliphatic carbocycles. The summed E-state index contributed by atoms with van der Waals surface area (Å²) >= 11 is 0. The van der Waals surface area contributed by atoms with E-state index in [0.717, 1.165) is 5.69 Å². The molecule has 0 radical (unpaired) electrons. The number of fused-ring (bicyclic) bond motifs is 1. The molecule has 1 atom stereocenters. The molecule has 1 unspecified atom stereocenters. The molecule has 0 amide bonds. The quantitative estimate of drug-likeness (QED) is 0.641. The van der Waals surface area contributed by atoms with E-state index < -0.39 is 0 Å². The standard InChI is InChI=1S/C9H8N2.C2H8N2.H3P/c1-2-6-9-8(4-1)5-3-7-10-11-9;3-1-2-4;/h1-7,11H;1-4H2;1H3. The fourth-order valence-corrected chi connectivity index (χ4v) is 1.04. The Hall–Kier alpha value is -1.22. The van der Waals surface area contributed by atoms with Gasteiger partial charge in [0.2, 0.25) is 0 Å². The van der Waals surface area contributed by atoms with Crippen molar-refractivity contribution in [3.63, 3.8) is 0 Å². The lowest BCUT2D eigenvalue weighted by Crippen LogP contribution is -2.11. The maximum atomic E-state index is 4.90. The second-order valence-corrected chi connectivity index (χ2v) is 2.91. The predicted molar refractivity (Wildman–Crippen MR) is 76.8 cm³/mol. The van der Waals surface area contributed by atoms with E-state index in [1.165, 1.54) is 5.56 Å². The molecule has 16 heavy (non-hydrogen) atoms. The van der Waals surface area contributed by atoms with E-state index in [9.17, 15) is 0 Å². The fourth-order valence-electron chi connectivity index (χ4n) is 1.04. The third-order valence-electron chi connectivity index (χ3n) is 1.75. The highest BCUT2D eigenvalue weighted by atomic mass is 31.0. The summed E-state index contributed by atoms with van der Waals surface area (Å²) in [6.45, 7) is 1.19. The monoisotopic (exact) mass is 238 g/mol. The second-order valence-electron chi connectivity index (χ2n) is 2.91. The maximum Gasteiger partial charge on any atom is 0.0634 e. The van der Waals surface area contributed by atoms with Gasteiger partial charge in [-0.05, 0) is 17.7 Å². The lowest BCUT2D eigenvalue weighted by atomic mass is 10.2. The average molecular weight is 238 g/mol. The van der Waals surface area contributed by atoms with Gasteiger partial charge in [0.15, 0.2) is 0 Å². The van der Waals surface area contributed by atoms with Crippen LogP contribution >= 0.6 is 9.90 Å². The zero-order chi connectivity index (χ0) is 10.9. The molecule has 0 spiro atoms. The molecule has 5 heteroatoms. The van der Waals surface area contributed by atoms with Gasteiger partial charge in [-0.3, -0.25) is 5.43 Å². The van der Waals surface area contributed by atoms with Gasteiger partial charge in [0.1, 0.15) is 0 Å². The molecule has 1 aliphatic rings. The number of nitrogens with zero attached hydrogens (tertiary/aromatic N) is 1. The molecular formula is C11H19N4P. The van der Waals surface area contributed by atoms with Crippen molar-refractivity contribution in [1.29, 1.82) is 0 Å². The number of benzene rings is 1. The molecule has 88 valence electrons. The van der Waals surface area contributed by atoms with Crippen molar-refractivity contribution in [2.45, 2.75) is 0 Å². The molecule has 0 bridgehead atoms. The van der Waals surface area contributed by atoms with Crippen molar-refractivity contribution < 1.29 is 0 Å². The molecule has 0 saturated carbocycles. The van der Waals surface area contributed by atoms with Crippen LogP contribution in [0.1, 0.15) is 5.56 Å². The van der Waals surface area contributed by atoms with E-state index in [2.05, 4.69) is 10.5 Å². The third kappa shape index (κ3) is 5.03. The van der Waals surface area contributed by atoms with E-state index in [-0.39, 0.29) is 9.90 Å². The Kier molecular flexibility index (Phi) is 8.35. The molecule has 1 aromatic carbocycles. The van der Waals surface area contributed by atoms with Crippen LogP contribution in [0.4, 0.5) is 5.69 Å². The molecule has 4 nitrogen and oxygen atoms in total. The van der Waals surface area contributed by atoms with Crippen LogP contribution in [0.3, 0.4) is 0 Å². The first-order chi connectivity index (χ1) is 7.38. The Labute approximate surface area is 99.4 Å². The number of para-hydroxylation sites is 1. The van der Waals surface area contributed by atoms with Crippen LogP contribution in [0, 0.1) is 0 Å². The molecule has 0 aromatic heterocycles. The van der Waals surface area contributed by atoms with E-state index in [4.69, 9.17) is 11.5 Å². The fraction of sp³-hybridized carbons (Fsp3) is 0.182. The van der Waals surface area contributed by atoms with Crippen LogP contribution in [0.25, 0.3) is 6.08 Å². The SMILES string of the molecule is C1=Cc2ccccc2NN=C1.NCCN.P. The van der Waals surface area contributed by atoms with Crippen LogP contribution in [-0.4, -0.2) is 19.3 Å². The van der Waals surface area contributed by atoms with Crippen LogP contribution in [0.5, 0.6) is 0 Å². The molecule has 1 aliphatic heterocycles. The van der Waals surface area contributed by atoms with Crippen molar-refractivity contribution in [2.75, 3.05) is 18.5 Å². The number of allylic oxidation sites excluding steroid dienone is 1. The lowest BCUT2D eigenvalue weighted by Gasteiger charge is -2.00. The zero-order valence-electron chi connectivity index (χ0n) is 9.26. The highest BCUT2D eigenvalue weighted by molar-refractivity contribution is 6.92. The predicted octanol–water partition coefficient (Wildman–Crippen LogP) is 1.07. The first-order valence-corrected chi connectivity index (χ1v) is 4.83. The maximum absolute atomic E-state index is 4.90. The first-order valence-electron chi connectivity index (χ1n) is 4.83. The van der Waals surface area contributed by atoms with Gasteiger partial charge in [-0.1, -0.05) is 24.3 Å². The smallest absolute Gasteiger partial charge is 0.0634 e. The molecule has 1 heterocycles. The molecule has 5 N–H and O–H groups in total. The van der Waals surface area contributed by atoms with E-state index >= 15 is 0 Å². The van der Waals surface area contributed by atoms with Gasteiger partial charge >= 0.3 is 0 Å². The van der Waals surface area contributed by atoms with E-state index in [1.54, 1.807) is 6.21 Å². The van der Waals surface area contributed by atoms with E-state index in [0.29, 0.717) is 13.1 Å². The number of hydrogen-bond acceptors (Lipinski definition) is 4. The van der Waals surface area contributed by atoms with Crippen LogP contribution in [-0.2, 0) is 0 Å². The zero-order valence-corrected chi connectivity index (χ0v) is 10.7. The number of rotatable bonds is 1. The van der Waals surface area contributed by atoms with Crippen molar-refractivity contribution in [3.8, 4) is 0 Å². The topological polar surface area (TPSA) is 76.4 Å². The summed E-state index contributed by atoms with van der Waals surface area (Å²) in [4.78, 5) is 0. The summed E-state index contributed by atoms with van der Waals surface area (Å²) in [7, 11) is 0. The molecule has 1 aromatic rings. The van der Waals surface area contributed by atoms with Crippen molar-refractivity contribution >= 4 is 27.9 Å². The van der Waals surface area contributed by atoms with Crippen LogP contribution in [0.2, 0.25) is 0 Å². The Morgan fingerprint density at radius 1 is 1.12 bits per heavy atom. The second kappa shape index (κ2) is 9.04. The Morgan fingerprint density at radius 3 is 2.50 bits per heavy atom. The van der Waals surface area contributed by atoms with Gasteiger partial charge in [-0.2, -0.15) is 15.0 Å². The Morgan fingerprint density at radius 2 is 1.81 bits per heavy atom. The van der Waals surface area contributed by atoms with Crippen molar-refractivity contribution in [2.24, 2.45) is 16.6 Å². The summed E-state index contributed by atoms with van der Waals surface area (Å²) < 4.78 is 0. The first kappa shape index (κ1) is 14.8. The number of anilines is 1. The van der Waals surface area contributed by atoms with Crippen molar-refractivity contribution in [3.05, 3.63) is 35.9 Å². The van der Waals surface area contributed by atoms with Gasteiger partial charge in [-0.15, -0.1) is 0 Å². The highest BCUT2D eigenvalue weighted by Gasteiger charge is 1.96. The van der Waals surface area contributed by atoms with Gasteiger partial charge in [0, 0.05) is 19.3 Å². The van der Waals surface area contributed by atoms with Gasteiger partial charge in [0.25, 0.3) is 0 Å². The molecule has 0 fully saturated rings. The van der Waals surface area contributed by atoms with Gasteiger partial charge < -0.3 is 11.5 Å². The summed E-state index contributed by atoms with van der Waals surface area (Å²) in [5.41, 5.74) is 15.0. The van der Waals surface area contributed by atoms with Gasteiger partial charge in [-0.25, -0.2) is 0 Å². The highest BCUT2D eigenvalue weighted by Crippen LogP contribution is 2.17. The number of nitrogens with one attached hydrogen (secondary N) is 1. The normalized spacial score (nSPS) is 11.1. The van der Waals surface area contributed by atoms with Crippen molar-refractivity contribution in [1.82, 2.24) is 0 Å². The minimum atomic E-state index is 0. The molecule has 2 rings (SSSR count). The average Bonchev–Trinajstić information content (AvgIpc) is 2.54. The summed E-state index contributed by atoms with van der Waals surface area (Å²) in [5.74, 6) is 0. The minimum Gasteiger partial charge on any atom is -0.329 e. The van der Waals surface area contributed by atoms with Crippen LogP contribution in [0.15, 0.2) is 35.4 Å².